The minimum atomic E-state index is -0.0328. The Hall–Kier alpha value is -1.28. The molecular formula is C12H16ClN5OS. The van der Waals surface area contributed by atoms with Gasteiger partial charge in [-0.1, -0.05) is 6.07 Å². The number of hydrogen-bond acceptors (Lipinski definition) is 5. The fourth-order valence-corrected chi connectivity index (χ4v) is 2.86. The van der Waals surface area contributed by atoms with Crippen LogP contribution in [0.2, 0.25) is 0 Å². The van der Waals surface area contributed by atoms with E-state index in [2.05, 4.69) is 18.9 Å². The molecule has 1 fully saturated rings. The highest BCUT2D eigenvalue weighted by Crippen LogP contribution is 2.38. The lowest BCUT2D eigenvalue weighted by molar-refractivity contribution is -0.117. The number of benzene rings is 1. The Labute approximate surface area is 127 Å². The van der Waals surface area contributed by atoms with E-state index in [0.717, 1.165) is 47.9 Å². The number of likely N-dealkylation sites (tertiary alicyclic amines) is 1. The van der Waals surface area contributed by atoms with Gasteiger partial charge in [-0.2, -0.15) is 8.73 Å². The van der Waals surface area contributed by atoms with Crippen LogP contribution >= 0.6 is 12.4 Å². The number of nitrogens with two attached hydrogens (primary N) is 1. The van der Waals surface area contributed by atoms with E-state index in [1.165, 1.54) is 0 Å². The molecule has 0 aromatic heterocycles. The number of anilines is 1. The number of amides is 1. The van der Waals surface area contributed by atoms with Crippen molar-refractivity contribution in [3.05, 3.63) is 18.2 Å². The van der Waals surface area contributed by atoms with Crippen molar-refractivity contribution in [2.75, 3.05) is 25.0 Å². The van der Waals surface area contributed by atoms with Gasteiger partial charge in [0.25, 0.3) is 0 Å². The van der Waals surface area contributed by atoms with E-state index in [9.17, 15) is 4.79 Å². The van der Waals surface area contributed by atoms with Gasteiger partial charge in [-0.05, 0) is 18.6 Å². The van der Waals surface area contributed by atoms with Gasteiger partial charge in [0, 0.05) is 19.1 Å². The number of rotatable bonds is 3. The lowest BCUT2D eigenvalue weighted by atomic mass is 10.2. The van der Waals surface area contributed by atoms with Crippen LogP contribution in [0.25, 0.3) is 0 Å². The first kappa shape index (κ1) is 15.1. The summed E-state index contributed by atoms with van der Waals surface area (Å²) in [5.41, 5.74) is 8.11. The first-order chi connectivity index (χ1) is 9.22. The molecule has 0 unspecified atom stereocenters. The Morgan fingerprint density at radius 3 is 3.10 bits per heavy atom. The lowest BCUT2D eigenvalue weighted by Gasteiger charge is -2.15. The molecule has 3 N–H and O–H groups in total. The number of hydrogen-bond donors (Lipinski definition) is 2. The monoisotopic (exact) mass is 313 g/mol. The molecule has 1 aromatic rings. The summed E-state index contributed by atoms with van der Waals surface area (Å²) >= 11 is 1.15. The summed E-state index contributed by atoms with van der Waals surface area (Å²) in [4.78, 5) is 14.1. The third kappa shape index (κ3) is 3.24. The average Bonchev–Trinajstić information content (AvgIpc) is 2.98. The maximum atomic E-state index is 12.0. The summed E-state index contributed by atoms with van der Waals surface area (Å²) in [6.45, 7) is 2.05. The van der Waals surface area contributed by atoms with E-state index < -0.39 is 0 Å². The van der Waals surface area contributed by atoms with E-state index in [4.69, 9.17) is 5.73 Å². The fourth-order valence-electron chi connectivity index (χ4n) is 2.31. The summed E-state index contributed by atoms with van der Waals surface area (Å²) in [6, 6.07) is 5.79. The molecule has 0 saturated carbocycles. The van der Waals surface area contributed by atoms with Gasteiger partial charge in [0.2, 0.25) is 5.91 Å². The van der Waals surface area contributed by atoms with E-state index in [-0.39, 0.29) is 24.4 Å². The van der Waals surface area contributed by atoms with Gasteiger partial charge in [-0.15, -0.1) is 12.4 Å². The highest BCUT2D eigenvalue weighted by molar-refractivity contribution is 7.58. The molecule has 3 rings (SSSR count). The highest BCUT2D eigenvalue weighted by atomic mass is 35.5. The Balaban J connectivity index is 0.00000147. The second-order valence-corrected chi connectivity index (χ2v) is 5.30. The number of nitrogens with zero attached hydrogens (tertiary/aromatic N) is 3. The highest BCUT2D eigenvalue weighted by Gasteiger charge is 2.21. The van der Waals surface area contributed by atoms with Crippen LogP contribution in [0.5, 0.6) is 0 Å². The SMILES string of the molecule is Cl.N[C@H]1CCN(CC(=O)Nc2cccc3c2N=S=N3)C1. The van der Waals surface area contributed by atoms with Gasteiger partial charge in [0.15, 0.2) is 0 Å². The van der Waals surface area contributed by atoms with Crippen LogP contribution in [0.15, 0.2) is 26.9 Å². The van der Waals surface area contributed by atoms with E-state index in [0.29, 0.717) is 6.54 Å². The normalized spacial score (nSPS) is 20.1. The second kappa shape index (κ2) is 6.45. The molecule has 1 amide bonds. The molecule has 2 aliphatic rings. The summed E-state index contributed by atoms with van der Waals surface area (Å²) in [6.07, 6.45) is 0.957. The van der Waals surface area contributed by atoms with Crippen LogP contribution in [0, 0.1) is 0 Å². The topological polar surface area (TPSA) is 83.1 Å². The van der Waals surface area contributed by atoms with Crippen molar-refractivity contribution in [3.8, 4) is 0 Å². The summed E-state index contributed by atoms with van der Waals surface area (Å²) in [5.74, 6) is -0.0328. The van der Waals surface area contributed by atoms with Crippen molar-refractivity contribution in [2.24, 2.45) is 14.5 Å². The van der Waals surface area contributed by atoms with Crippen LogP contribution in [-0.4, -0.2) is 36.5 Å². The molecule has 2 aliphatic heterocycles. The van der Waals surface area contributed by atoms with Gasteiger partial charge in [-0.3, -0.25) is 9.69 Å². The van der Waals surface area contributed by atoms with Gasteiger partial charge >= 0.3 is 0 Å². The predicted molar refractivity (Wildman–Crippen MR) is 82.9 cm³/mol. The van der Waals surface area contributed by atoms with E-state index in [1.807, 2.05) is 18.2 Å². The molecule has 1 atom stereocenters. The van der Waals surface area contributed by atoms with Crippen molar-refractivity contribution in [1.82, 2.24) is 4.90 Å². The minimum Gasteiger partial charge on any atom is -0.326 e. The molecule has 0 bridgehead atoms. The zero-order chi connectivity index (χ0) is 13.2. The van der Waals surface area contributed by atoms with Crippen LogP contribution in [0.3, 0.4) is 0 Å². The zero-order valence-electron chi connectivity index (χ0n) is 10.8. The molecule has 1 saturated heterocycles. The minimum absolute atomic E-state index is 0. The van der Waals surface area contributed by atoms with Crippen molar-refractivity contribution in [1.29, 1.82) is 0 Å². The average molecular weight is 314 g/mol. The summed E-state index contributed by atoms with van der Waals surface area (Å²) in [7, 11) is 0. The van der Waals surface area contributed by atoms with Crippen molar-refractivity contribution in [3.63, 3.8) is 0 Å². The Morgan fingerprint density at radius 2 is 2.35 bits per heavy atom. The molecule has 8 heteroatoms. The molecule has 0 radical (unpaired) electrons. The van der Waals surface area contributed by atoms with Crippen molar-refractivity contribution in [2.45, 2.75) is 12.5 Å². The number of nitrogens with one attached hydrogen (secondary N) is 1. The molecule has 20 heavy (non-hydrogen) atoms. The third-order valence-corrected chi connectivity index (χ3v) is 3.78. The first-order valence-electron chi connectivity index (χ1n) is 6.21. The zero-order valence-corrected chi connectivity index (χ0v) is 12.4. The van der Waals surface area contributed by atoms with E-state index >= 15 is 0 Å². The van der Waals surface area contributed by atoms with Crippen LogP contribution in [0.4, 0.5) is 17.1 Å². The third-order valence-electron chi connectivity index (χ3n) is 3.24. The summed E-state index contributed by atoms with van der Waals surface area (Å²) < 4.78 is 8.35. The predicted octanol–water partition coefficient (Wildman–Crippen LogP) is 1.81. The number of halogens is 1. The molecule has 6 nitrogen and oxygen atoms in total. The second-order valence-electron chi connectivity index (χ2n) is 4.77. The van der Waals surface area contributed by atoms with Crippen LogP contribution in [0.1, 0.15) is 6.42 Å². The Bertz CT molecular complexity index is 587. The van der Waals surface area contributed by atoms with Gasteiger partial charge in [-0.25, -0.2) is 0 Å². The molecule has 0 aliphatic carbocycles. The quantitative estimate of drug-likeness (QED) is 0.906. The molecular weight excluding hydrogens is 298 g/mol. The smallest absolute Gasteiger partial charge is 0.238 e. The maximum absolute atomic E-state index is 12.0. The standard InChI is InChI=1S/C12H15N5OS.ClH/c13-8-4-5-17(6-8)7-11(18)14-9-2-1-3-10-12(9)16-19-15-10;/h1-3,8H,4-7,13H2,(H,14,18);1H/t8-;/m0./s1. The molecule has 0 spiro atoms. The Morgan fingerprint density at radius 1 is 1.50 bits per heavy atom. The van der Waals surface area contributed by atoms with Crippen molar-refractivity contribution < 1.29 is 4.79 Å². The molecule has 108 valence electrons. The van der Waals surface area contributed by atoms with E-state index in [1.54, 1.807) is 0 Å². The summed E-state index contributed by atoms with van der Waals surface area (Å²) in [5, 5.41) is 2.90. The molecule has 1 aromatic carbocycles. The maximum Gasteiger partial charge on any atom is 0.238 e. The molecule has 2 heterocycles. The van der Waals surface area contributed by atoms with Crippen LogP contribution < -0.4 is 11.1 Å². The first-order valence-corrected chi connectivity index (χ1v) is 6.94. The lowest BCUT2D eigenvalue weighted by Crippen LogP contribution is -2.33. The number of carbonyl (C=O) groups excluding carboxylic acids is 1. The Kier molecular flexibility index (Phi) is 4.87. The fraction of sp³-hybridized carbons (Fsp3) is 0.417. The van der Waals surface area contributed by atoms with Gasteiger partial charge in [0.1, 0.15) is 11.4 Å². The van der Waals surface area contributed by atoms with Crippen molar-refractivity contribution >= 4 is 46.7 Å². The van der Waals surface area contributed by atoms with Crippen LogP contribution in [-0.2, 0) is 16.1 Å². The number of fused-ring (bicyclic) bond motifs is 1. The number of carbonyl (C=O) groups is 1. The largest absolute Gasteiger partial charge is 0.326 e. The van der Waals surface area contributed by atoms with Gasteiger partial charge in [0.05, 0.1) is 23.6 Å². The van der Waals surface area contributed by atoms with Gasteiger partial charge < -0.3 is 11.1 Å².